The highest BCUT2D eigenvalue weighted by atomic mass is 16.6. The fourth-order valence-corrected chi connectivity index (χ4v) is 4.90. The van der Waals surface area contributed by atoms with E-state index in [0.717, 1.165) is 27.9 Å². The van der Waals surface area contributed by atoms with Crippen molar-refractivity contribution in [2.75, 3.05) is 16.8 Å². The molecule has 12 nitrogen and oxygen atoms in total. The van der Waals surface area contributed by atoms with E-state index in [4.69, 9.17) is 22.8 Å². The van der Waals surface area contributed by atoms with Crippen LogP contribution < -0.4 is 21.8 Å². The van der Waals surface area contributed by atoms with Gasteiger partial charge in [0.2, 0.25) is 6.35 Å². The van der Waals surface area contributed by atoms with Crippen molar-refractivity contribution in [3.63, 3.8) is 0 Å². The van der Waals surface area contributed by atoms with Crippen LogP contribution in [0.3, 0.4) is 0 Å². The van der Waals surface area contributed by atoms with E-state index in [1.54, 1.807) is 19.1 Å². The molecule has 0 saturated heterocycles. The Kier molecular flexibility index (Phi) is 7.19. The number of fused-ring (bicyclic) bond motifs is 1. The number of carbonyl (C=O) groups is 1. The zero-order valence-corrected chi connectivity index (χ0v) is 22.7. The molecule has 0 bridgehead atoms. The van der Waals surface area contributed by atoms with Gasteiger partial charge in [-0.15, -0.1) is 0 Å². The Morgan fingerprint density at radius 2 is 1.79 bits per heavy atom. The fourth-order valence-electron chi connectivity index (χ4n) is 4.90. The molecule has 0 aliphatic carbocycles. The molecule has 2 aromatic heterocycles. The largest absolute Gasteiger partial charge is 0.519 e. The number of benzene rings is 3. The van der Waals surface area contributed by atoms with Crippen LogP contribution in [0, 0.1) is 6.92 Å². The number of H-pyrrole nitrogens is 1. The summed E-state index contributed by atoms with van der Waals surface area (Å²) in [7, 11) is 0. The lowest BCUT2D eigenvalue weighted by molar-refractivity contribution is 0.0442. The molecule has 0 fully saturated rings. The number of ether oxygens (including phenoxy) is 2. The van der Waals surface area contributed by atoms with Crippen LogP contribution in [-0.4, -0.2) is 29.1 Å². The third kappa shape index (κ3) is 5.22. The summed E-state index contributed by atoms with van der Waals surface area (Å²) in [4.78, 5) is 40.6. The molecule has 12 heteroatoms. The van der Waals surface area contributed by atoms with Gasteiger partial charge in [-0.25, -0.2) is 14.4 Å². The summed E-state index contributed by atoms with van der Waals surface area (Å²) in [6.07, 6.45) is -0.516. The molecular formula is C30H26N4O8. The molecule has 42 heavy (non-hydrogen) atoms. The van der Waals surface area contributed by atoms with Crippen LogP contribution in [0.25, 0.3) is 22.5 Å². The Morgan fingerprint density at radius 3 is 2.48 bits per heavy atom. The first-order chi connectivity index (χ1) is 20.4. The number of aromatic amines is 1. The second kappa shape index (κ2) is 11.3. The Balaban J connectivity index is 1.26. The normalized spacial score (nSPS) is 14.0. The van der Waals surface area contributed by atoms with E-state index in [1.807, 2.05) is 66.4 Å². The highest BCUT2D eigenvalue weighted by molar-refractivity contribution is 6.00. The van der Waals surface area contributed by atoms with Gasteiger partial charge in [0.15, 0.2) is 24.0 Å². The first-order valence-corrected chi connectivity index (χ1v) is 13.2. The minimum atomic E-state index is -0.850. The third-order valence-corrected chi connectivity index (χ3v) is 6.84. The molecule has 3 aromatic carbocycles. The number of aryl methyl sites for hydroxylation is 1. The quantitative estimate of drug-likeness (QED) is 0.238. The van der Waals surface area contributed by atoms with Crippen LogP contribution in [0.4, 0.5) is 11.4 Å². The summed E-state index contributed by atoms with van der Waals surface area (Å²) in [6.45, 7) is 4.08. The predicted octanol–water partition coefficient (Wildman–Crippen LogP) is 4.66. The van der Waals surface area contributed by atoms with E-state index in [0.29, 0.717) is 30.2 Å². The number of esters is 1. The van der Waals surface area contributed by atoms with Crippen LogP contribution in [0.15, 0.2) is 89.7 Å². The van der Waals surface area contributed by atoms with E-state index in [9.17, 15) is 14.4 Å². The zero-order chi connectivity index (χ0) is 29.2. The lowest BCUT2D eigenvalue weighted by Crippen LogP contribution is -2.38. The maximum atomic E-state index is 13.2. The number of para-hydroxylation sites is 1. The lowest BCUT2D eigenvalue weighted by Gasteiger charge is -2.27. The van der Waals surface area contributed by atoms with Crippen molar-refractivity contribution < 1.29 is 27.6 Å². The predicted molar refractivity (Wildman–Crippen MR) is 151 cm³/mol. The van der Waals surface area contributed by atoms with Gasteiger partial charge in [0.05, 0.1) is 16.9 Å². The van der Waals surface area contributed by atoms with Gasteiger partial charge in [-0.1, -0.05) is 59.8 Å². The van der Waals surface area contributed by atoms with Crippen molar-refractivity contribution >= 4 is 17.3 Å². The SMILES string of the molecule is CCO[C@@H]1Nc2cccc(C(=O)OCc3oc(=O)oc3C)c2N1Cc1ccc(-c2ccccc2-c2noc(=O)[nH]2)cc1. The highest BCUT2D eigenvalue weighted by Crippen LogP contribution is 2.40. The molecule has 1 aliphatic heterocycles. The summed E-state index contributed by atoms with van der Waals surface area (Å²) in [5.74, 6) is -1.30. The van der Waals surface area contributed by atoms with Gasteiger partial charge in [-0.3, -0.25) is 9.51 Å². The molecule has 3 heterocycles. The van der Waals surface area contributed by atoms with Gasteiger partial charge < -0.3 is 28.5 Å². The second-order valence-electron chi connectivity index (χ2n) is 9.48. The third-order valence-electron chi connectivity index (χ3n) is 6.84. The van der Waals surface area contributed by atoms with Crippen molar-refractivity contribution in [2.24, 2.45) is 0 Å². The molecule has 0 unspecified atom stereocenters. The van der Waals surface area contributed by atoms with Crippen molar-refractivity contribution in [1.82, 2.24) is 10.1 Å². The molecule has 0 spiro atoms. The number of anilines is 2. The standard InChI is InChI=1S/C30H26N4O8/c1-3-38-28-31-23-10-6-9-22(27(35)39-16-24-17(2)40-30(37)41-24)25(23)34(28)15-18-11-13-19(14-12-18)20-7-4-5-8-21(20)26-32-29(36)42-33-26/h4-14,28,31H,3,15-16H2,1-2H3,(H,32,33,36)/t28-/m1/s1. The summed E-state index contributed by atoms with van der Waals surface area (Å²) < 4.78 is 25.9. The Morgan fingerprint density at radius 1 is 1.00 bits per heavy atom. The van der Waals surface area contributed by atoms with Gasteiger partial charge in [-0.05, 0) is 42.7 Å². The number of hydrogen-bond acceptors (Lipinski definition) is 11. The zero-order valence-electron chi connectivity index (χ0n) is 22.7. The minimum absolute atomic E-state index is 0.152. The molecule has 1 aliphatic rings. The Labute approximate surface area is 238 Å². The van der Waals surface area contributed by atoms with Gasteiger partial charge in [0.25, 0.3) is 0 Å². The van der Waals surface area contributed by atoms with Crippen molar-refractivity contribution in [2.45, 2.75) is 33.4 Å². The number of rotatable bonds is 9. The van der Waals surface area contributed by atoms with Gasteiger partial charge in [-0.2, -0.15) is 0 Å². The van der Waals surface area contributed by atoms with Crippen molar-refractivity contribution in [1.29, 1.82) is 0 Å². The van der Waals surface area contributed by atoms with E-state index >= 15 is 0 Å². The molecule has 0 saturated carbocycles. The van der Waals surface area contributed by atoms with Gasteiger partial charge >= 0.3 is 17.5 Å². The molecule has 6 rings (SSSR count). The van der Waals surface area contributed by atoms with Gasteiger partial charge in [0.1, 0.15) is 0 Å². The molecular weight excluding hydrogens is 544 g/mol. The van der Waals surface area contributed by atoms with Crippen molar-refractivity contribution in [3.05, 3.63) is 111 Å². The summed E-state index contributed by atoms with van der Waals surface area (Å²) >= 11 is 0. The summed E-state index contributed by atoms with van der Waals surface area (Å²) in [6, 6.07) is 20.8. The maximum absolute atomic E-state index is 13.2. The van der Waals surface area contributed by atoms with Crippen LogP contribution in [-0.2, 0) is 22.6 Å². The van der Waals surface area contributed by atoms with E-state index in [1.165, 1.54) is 0 Å². The fraction of sp³-hybridized carbons (Fsp3) is 0.200. The monoisotopic (exact) mass is 570 g/mol. The number of hydrogen-bond donors (Lipinski definition) is 2. The number of carbonyl (C=O) groups excluding carboxylic acids is 1. The molecule has 214 valence electrons. The van der Waals surface area contributed by atoms with Crippen LogP contribution in [0.5, 0.6) is 0 Å². The highest BCUT2D eigenvalue weighted by Gasteiger charge is 2.33. The van der Waals surface area contributed by atoms with Crippen LogP contribution >= 0.6 is 0 Å². The molecule has 0 radical (unpaired) electrons. The molecule has 2 N–H and O–H groups in total. The van der Waals surface area contributed by atoms with E-state index < -0.39 is 23.9 Å². The number of nitrogens with one attached hydrogen (secondary N) is 2. The summed E-state index contributed by atoms with van der Waals surface area (Å²) in [5.41, 5.74) is 5.19. The van der Waals surface area contributed by atoms with Crippen LogP contribution in [0.1, 0.15) is 34.4 Å². The van der Waals surface area contributed by atoms with Crippen molar-refractivity contribution in [3.8, 4) is 22.5 Å². The molecule has 0 amide bonds. The molecule has 1 atom stereocenters. The topological polar surface area (TPSA) is 153 Å². The maximum Gasteiger partial charge on any atom is 0.519 e. The van der Waals surface area contributed by atoms with E-state index in [-0.39, 0.29) is 18.1 Å². The average Bonchev–Trinajstić information content (AvgIpc) is 3.68. The second-order valence-corrected chi connectivity index (χ2v) is 9.48. The number of nitrogens with zero attached hydrogens (tertiary/aromatic N) is 2. The van der Waals surface area contributed by atoms with Crippen LogP contribution in [0.2, 0.25) is 0 Å². The Bertz CT molecular complexity index is 1850. The summed E-state index contributed by atoms with van der Waals surface area (Å²) in [5, 5.41) is 7.16. The lowest BCUT2D eigenvalue weighted by atomic mass is 9.98. The number of aromatic nitrogens is 2. The van der Waals surface area contributed by atoms with Gasteiger partial charge in [0, 0.05) is 18.7 Å². The first kappa shape index (κ1) is 26.8. The first-order valence-electron chi connectivity index (χ1n) is 13.2. The smallest absolute Gasteiger partial charge is 0.454 e. The average molecular weight is 571 g/mol. The van der Waals surface area contributed by atoms with E-state index in [2.05, 4.69) is 15.5 Å². The Hall–Kier alpha value is -5.36. The minimum Gasteiger partial charge on any atom is -0.454 e. The molecule has 5 aromatic rings.